The van der Waals surface area contributed by atoms with E-state index in [1.165, 1.54) is 0 Å². The van der Waals surface area contributed by atoms with Crippen molar-refractivity contribution >= 4 is 0 Å². The second kappa shape index (κ2) is 5.66. The molecule has 0 amide bonds. The normalized spacial score (nSPS) is 25.9. The van der Waals surface area contributed by atoms with E-state index >= 15 is 0 Å². The third-order valence-corrected chi connectivity index (χ3v) is 2.34. The summed E-state index contributed by atoms with van der Waals surface area (Å²) in [6, 6.07) is 0. The van der Waals surface area contributed by atoms with Gasteiger partial charge in [-0.15, -0.1) is 0 Å². The van der Waals surface area contributed by atoms with Crippen molar-refractivity contribution in [1.29, 1.82) is 0 Å². The Morgan fingerprint density at radius 3 is 2.71 bits per heavy atom. The van der Waals surface area contributed by atoms with Gasteiger partial charge in [0.1, 0.15) is 0 Å². The van der Waals surface area contributed by atoms with Crippen LogP contribution >= 0.6 is 0 Å². The van der Waals surface area contributed by atoms with Crippen LogP contribution in [0.15, 0.2) is 0 Å². The van der Waals surface area contributed by atoms with Crippen molar-refractivity contribution in [3.05, 3.63) is 0 Å². The van der Waals surface area contributed by atoms with Gasteiger partial charge in [0.05, 0.1) is 24.9 Å². The lowest BCUT2D eigenvalue weighted by molar-refractivity contribution is -0.00695. The maximum absolute atomic E-state index is 9.60. The zero-order valence-corrected chi connectivity index (χ0v) is 9.02. The van der Waals surface area contributed by atoms with Crippen LogP contribution in [-0.2, 0) is 4.74 Å². The number of hydrogen-bond acceptors (Lipinski definition) is 4. The number of nitrogens with zero attached hydrogens (tertiary/aromatic N) is 1. The van der Waals surface area contributed by atoms with Crippen molar-refractivity contribution in [2.24, 2.45) is 0 Å². The van der Waals surface area contributed by atoms with Gasteiger partial charge in [0.15, 0.2) is 0 Å². The van der Waals surface area contributed by atoms with Gasteiger partial charge in [-0.2, -0.15) is 0 Å². The van der Waals surface area contributed by atoms with Crippen molar-refractivity contribution < 1.29 is 14.9 Å². The highest BCUT2D eigenvalue weighted by atomic mass is 16.5. The summed E-state index contributed by atoms with van der Waals surface area (Å²) in [6.07, 6.45) is 0.322. The first-order valence-corrected chi connectivity index (χ1v) is 5.28. The van der Waals surface area contributed by atoms with Gasteiger partial charge in [0.2, 0.25) is 0 Å². The highest BCUT2D eigenvalue weighted by Crippen LogP contribution is 2.09. The molecule has 2 unspecified atom stereocenters. The Kier molecular flexibility index (Phi) is 4.81. The Morgan fingerprint density at radius 1 is 1.50 bits per heavy atom. The van der Waals surface area contributed by atoms with Gasteiger partial charge in [-0.25, -0.2) is 0 Å². The molecule has 0 aliphatic carbocycles. The van der Waals surface area contributed by atoms with E-state index in [1.807, 2.05) is 13.8 Å². The second-order valence-electron chi connectivity index (χ2n) is 4.24. The number of aliphatic hydroxyl groups excluding tert-OH is 2. The summed E-state index contributed by atoms with van der Waals surface area (Å²) >= 11 is 0. The van der Waals surface area contributed by atoms with Gasteiger partial charge < -0.3 is 14.9 Å². The maximum Gasteiger partial charge on any atom is 0.0900 e. The molecule has 2 N–H and O–H groups in total. The Morgan fingerprint density at radius 2 is 2.21 bits per heavy atom. The van der Waals surface area contributed by atoms with Gasteiger partial charge in [0.25, 0.3) is 0 Å². The molecule has 1 aliphatic rings. The molecule has 4 nitrogen and oxygen atoms in total. The molecule has 1 heterocycles. The number of rotatable bonds is 5. The van der Waals surface area contributed by atoms with Crippen LogP contribution < -0.4 is 0 Å². The van der Waals surface area contributed by atoms with Crippen molar-refractivity contribution in [1.82, 2.24) is 4.90 Å². The number of β-amino-alcohol motifs (C(OH)–C–C–N with tert-alkyl or cyclic N) is 2. The lowest BCUT2D eigenvalue weighted by Gasteiger charge is -2.20. The fourth-order valence-corrected chi connectivity index (χ4v) is 1.63. The van der Waals surface area contributed by atoms with E-state index in [0.717, 1.165) is 13.0 Å². The summed E-state index contributed by atoms with van der Waals surface area (Å²) in [6.45, 7) is 6.44. The number of hydrogen-bond donors (Lipinski definition) is 2. The largest absolute Gasteiger partial charge is 0.392 e. The zero-order valence-electron chi connectivity index (χ0n) is 9.02. The fraction of sp³-hybridized carbons (Fsp3) is 1.00. The third-order valence-electron chi connectivity index (χ3n) is 2.34. The average Bonchev–Trinajstić information content (AvgIpc) is 2.48. The van der Waals surface area contributed by atoms with Gasteiger partial charge in [-0.05, 0) is 20.3 Å². The fourth-order valence-electron chi connectivity index (χ4n) is 1.63. The first-order chi connectivity index (χ1) is 6.58. The van der Waals surface area contributed by atoms with Gasteiger partial charge in [0, 0.05) is 19.6 Å². The van der Waals surface area contributed by atoms with Crippen LogP contribution in [-0.4, -0.2) is 59.7 Å². The van der Waals surface area contributed by atoms with Crippen LogP contribution in [0.25, 0.3) is 0 Å². The van der Waals surface area contributed by atoms with Crippen LogP contribution in [0.4, 0.5) is 0 Å². The Hall–Kier alpha value is -0.160. The molecule has 1 aliphatic heterocycles. The van der Waals surface area contributed by atoms with Gasteiger partial charge >= 0.3 is 0 Å². The van der Waals surface area contributed by atoms with E-state index < -0.39 is 6.10 Å². The van der Waals surface area contributed by atoms with Crippen molar-refractivity contribution in [3.8, 4) is 0 Å². The molecule has 1 rings (SSSR count). The summed E-state index contributed by atoms with van der Waals surface area (Å²) in [5.74, 6) is 0. The maximum atomic E-state index is 9.60. The number of ether oxygens (including phenoxy) is 1. The zero-order chi connectivity index (χ0) is 10.6. The highest BCUT2D eigenvalue weighted by molar-refractivity contribution is 4.76. The van der Waals surface area contributed by atoms with Crippen LogP contribution in [0, 0.1) is 0 Å². The lowest BCUT2D eigenvalue weighted by atomic mass is 10.3. The van der Waals surface area contributed by atoms with E-state index in [4.69, 9.17) is 4.74 Å². The van der Waals surface area contributed by atoms with Crippen molar-refractivity contribution in [2.45, 2.75) is 38.6 Å². The van der Waals surface area contributed by atoms with E-state index in [-0.39, 0.29) is 12.2 Å². The molecular formula is C10H21NO3. The smallest absolute Gasteiger partial charge is 0.0900 e. The standard InChI is InChI=1S/C10H21NO3/c1-8(2)14-7-10(13)6-11-4-3-9(12)5-11/h8-10,12-13H,3-7H2,1-2H3. The monoisotopic (exact) mass is 203 g/mol. The summed E-state index contributed by atoms with van der Waals surface area (Å²) in [5.41, 5.74) is 0. The van der Waals surface area contributed by atoms with Crippen LogP contribution in [0.3, 0.4) is 0 Å². The Labute approximate surface area is 85.5 Å². The Bertz CT molecular complexity index is 163. The summed E-state index contributed by atoms with van der Waals surface area (Å²) in [4.78, 5) is 2.07. The van der Waals surface area contributed by atoms with Crippen LogP contribution in [0.1, 0.15) is 20.3 Å². The van der Waals surface area contributed by atoms with E-state index in [2.05, 4.69) is 4.90 Å². The minimum atomic E-state index is -0.442. The molecule has 0 aromatic carbocycles. The quantitative estimate of drug-likeness (QED) is 0.652. The molecule has 0 saturated carbocycles. The first-order valence-electron chi connectivity index (χ1n) is 5.28. The third kappa shape index (κ3) is 4.37. The summed E-state index contributed by atoms with van der Waals surface area (Å²) in [5, 5.41) is 18.9. The molecule has 0 radical (unpaired) electrons. The summed E-state index contributed by atoms with van der Waals surface area (Å²) in [7, 11) is 0. The lowest BCUT2D eigenvalue weighted by Crippen LogP contribution is -2.34. The van der Waals surface area contributed by atoms with Crippen LogP contribution in [0.5, 0.6) is 0 Å². The number of likely N-dealkylation sites (tertiary alicyclic amines) is 1. The minimum absolute atomic E-state index is 0.161. The summed E-state index contributed by atoms with van der Waals surface area (Å²) < 4.78 is 5.30. The molecule has 1 fully saturated rings. The van der Waals surface area contributed by atoms with E-state index in [9.17, 15) is 10.2 Å². The Balaban J connectivity index is 2.10. The molecule has 0 aromatic rings. The van der Waals surface area contributed by atoms with Crippen molar-refractivity contribution in [2.75, 3.05) is 26.2 Å². The molecule has 2 atom stereocenters. The molecule has 84 valence electrons. The predicted octanol–water partition coefficient (Wildman–Crippen LogP) is -0.161. The van der Waals surface area contributed by atoms with Gasteiger partial charge in [-0.3, -0.25) is 4.90 Å². The highest BCUT2D eigenvalue weighted by Gasteiger charge is 2.22. The van der Waals surface area contributed by atoms with Gasteiger partial charge in [-0.1, -0.05) is 0 Å². The molecule has 0 aromatic heterocycles. The van der Waals surface area contributed by atoms with E-state index in [0.29, 0.717) is 19.7 Å². The van der Waals surface area contributed by atoms with E-state index in [1.54, 1.807) is 0 Å². The molecular weight excluding hydrogens is 182 g/mol. The minimum Gasteiger partial charge on any atom is -0.392 e. The SMILES string of the molecule is CC(C)OCC(O)CN1CCC(O)C1. The van der Waals surface area contributed by atoms with Crippen LogP contribution in [0.2, 0.25) is 0 Å². The number of aliphatic hydroxyl groups is 2. The molecule has 14 heavy (non-hydrogen) atoms. The topological polar surface area (TPSA) is 52.9 Å². The molecule has 1 saturated heterocycles. The first kappa shape index (κ1) is 11.9. The molecule has 0 spiro atoms. The second-order valence-corrected chi connectivity index (χ2v) is 4.24. The predicted molar refractivity (Wildman–Crippen MR) is 54.2 cm³/mol. The molecule has 0 bridgehead atoms. The average molecular weight is 203 g/mol. The van der Waals surface area contributed by atoms with Crippen molar-refractivity contribution in [3.63, 3.8) is 0 Å². The molecule has 4 heteroatoms.